The van der Waals surface area contributed by atoms with Crippen molar-refractivity contribution in [3.63, 3.8) is 0 Å². The van der Waals surface area contributed by atoms with Crippen LogP contribution in [0, 0.1) is 0 Å². The number of carbonyl (C=O) groups is 2. The molecule has 3 N–H and O–H groups in total. The quantitative estimate of drug-likeness (QED) is 0.644. The van der Waals surface area contributed by atoms with E-state index < -0.39 is 5.91 Å². The van der Waals surface area contributed by atoms with Crippen LogP contribution in [-0.4, -0.2) is 32.7 Å². The first kappa shape index (κ1) is 16.1. The summed E-state index contributed by atoms with van der Waals surface area (Å²) in [5, 5.41) is 12.8. The molecule has 0 spiro atoms. The van der Waals surface area contributed by atoms with Gasteiger partial charge in [-0.05, 0) is 23.6 Å². The lowest BCUT2D eigenvalue weighted by molar-refractivity contribution is -0.113. The van der Waals surface area contributed by atoms with Gasteiger partial charge in [0.2, 0.25) is 11.8 Å². The van der Waals surface area contributed by atoms with Crippen LogP contribution in [0.15, 0.2) is 45.6 Å². The van der Waals surface area contributed by atoms with Gasteiger partial charge >= 0.3 is 0 Å². The zero-order valence-electron chi connectivity index (χ0n) is 12.1. The van der Waals surface area contributed by atoms with E-state index in [1.54, 1.807) is 36.0 Å². The molecule has 10 heteroatoms. The van der Waals surface area contributed by atoms with Gasteiger partial charge in [-0.25, -0.2) is 0 Å². The second-order valence-corrected chi connectivity index (χ2v) is 6.32. The van der Waals surface area contributed by atoms with Crippen molar-refractivity contribution in [2.45, 2.75) is 5.22 Å². The summed E-state index contributed by atoms with van der Waals surface area (Å²) in [5.41, 5.74) is 6.27. The molecule has 3 heterocycles. The van der Waals surface area contributed by atoms with Gasteiger partial charge in [-0.2, -0.15) is 0 Å². The summed E-state index contributed by atoms with van der Waals surface area (Å²) >= 11 is 2.33. The van der Waals surface area contributed by atoms with Gasteiger partial charge in [0.1, 0.15) is 5.00 Å². The summed E-state index contributed by atoms with van der Waals surface area (Å²) in [4.78, 5) is 27.1. The predicted molar refractivity (Wildman–Crippen MR) is 89.7 cm³/mol. The van der Waals surface area contributed by atoms with Gasteiger partial charge < -0.3 is 15.5 Å². The minimum atomic E-state index is -0.585. The Morgan fingerprint density at radius 2 is 2.04 bits per heavy atom. The van der Waals surface area contributed by atoms with Crippen molar-refractivity contribution >= 4 is 39.9 Å². The van der Waals surface area contributed by atoms with Crippen LogP contribution in [0.25, 0.3) is 11.5 Å². The number of rotatable bonds is 6. The van der Waals surface area contributed by atoms with E-state index >= 15 is 0 Å². The van der Waals surface area contributed by atoms with Crippen LogP contribution in [0.4, 0.5) is 5.00 Å². The van der Waals surface area contributed by atoms with Crippen LogP contribution >= 0.6 is 23.1 Å². The fourth-order valence-electron chi connectivity index (χ4n) is 1.77. The normalized spacial score (nSPS) is 10.5. The molecule has 0 atom stereocenters. The predicted octanol–water partition coefficient (Wildman–Crippen LogP) is 2.02. The maximum absolute atomic E-state index is 12.0. The molecule has 0 saturated heterocycles. The highest BCUT2D eigenvalue weighted by Gasteiger charge is 2.14. The maximum atomic E-state index is 12.0. The number of nitrogens with one attached hydrogen (secondary N) is 1. The number of amides is 2. The molecule has 0 unspecified atom stereocenters. The van der Waals surface area contributed by atoms with Crippen molar-refractivity contribution in [3.8, 4) is 11.5 Å². The van der Waals surface area contributed by atoms with Crippen molar-refractivity contribution in [3.05, 3.63) is 41.5 Å². The van der Waals surface area contributed by atoms with Crippen molar-refractivity contribution < 1.29 is 14.0 Å². The summed E-state index contributed by atoms with van der Waals surface area (Å²) in [7, 11) is 0. The molecule has 0 bridgehead atoms. The number of pyridine rings is 1. The minimum Gasteiger partial charge on any atom is -0.411 e. The van der Waals surface area contributed by atoms with Crippen LogP contribution < -0.4 is 11.1 Å². The molecule has 24 heavy (non-hydrogen) atoms. The topological polar surface area (TPSA) is 124 Å². The van der Waals surface area contributed by atoms with Crippen molar-refractivity contribution in [1.82, 2.24) is 15.2 Å². The Morgan fingerprint density at radius 1 is 1.25 bits per heavy atom. The Kier molecular flexibility index (Phi) is 4.87. The molecule has 3 aromatic heterocycles. The number of primary amides is 1. The average Bonchev–Trinajstić information content (AvgIpc) is 3.23. The van der Waals surface area contributed by atoms with E-state index in [1.807, 2.05) is 0 Å². The van der Waals surface area contributed by atoms with Crippen LogP contribution in [-0.2, 0) is 4.79 Å². The van der Waals surface area contributed by atoms with Gasteiger partial charge in [0.25, 0.3) is 11.1 Å². The van der Waals surface area contributed by atoms with Crippen LogP contribution in [0.3, 0.4) is 0 Å². The van der Waals surface area contributed by atoms with Gasteiger partial charge in [0.05, 0.1) is 11.3 Å². The average molecular weight is 361 g/mol. The molecule has 3 aromatic rings. The molecule has 0 aliphatic rings. The number of nitrogens with zero attached hydrogens (tertiary/aromatic N) is 3. The highest BCUT2D eigenvalue weighted by molar-refractivity contribution is 7.99. The fraction of sp³-hybridized carbons (Fsp3) is 0.0714. The van der Waals surface area contributed by atoms with Crippen LogP contribution in [0.1, 0.15) is 10.4 Å². The molecular weight excluding hydrogens is 350 g/mol. The molecule has 2 amide bonds. The van der Waals surface area contributed by atoms with Crippen LogP contribution in [0.2, 0.25) is 0 Å². The van der Waals surface area contributed by atoms with Gasteiger partial charge in [-0.15, -0.1) is 21.5 Å². The summed E-state index contributed by atoms with van der Waals surface area (Å²) in [6.07, 6.45) is 3.24. The molecule has 0 aliphatic carbocycles. The molecule has 0 saturated carbocycles. The maximum Gasteiger partial charge on any atom is 0.277 e. The number of nitrogens with two attached hydrogens (primary N) is 1. The highest BCUT2D eigenvalue weighted by atomic mass is 32.2. The molecule has 0 fully saturated rings. The number of hydrogen-bond acceptors (Lipinski definition) is 8. The number of aromatic nitrogens is 3. The molecule has 122 valence electrons. The Balaban J connectivity index is 1.58. The summed E-state index contributed by atoms with van der Waals surface area (Å²) < 4.78 is 5.48. The first-order valence-corrected chi connectivity index (χ1v) is 8.54. The van der Waals surface area contributed by atoms with Gasteiger partial charge in [-0.3, -0.25) is 14.6 Å². The third kappa shape index (κ3) is 3.78. The van der Waals surface area contributed by atoms with Gasteiger partial charge in [0.15, 0.2) is 0 Å². The molecule has 3 rings (SSSR count). The van der Waals surface area contributed by atoms with E-state index in [1.165, 1.54) is 11.3 Å². The number of thioether (sulfide) groups is 1. The Bertz CT molecular complexity index is 862. The van der Waals surface area contributed by atoms with Gasteiger partial charge in [-0.1, -0.05) is 11.8 Å². The zero-order chi connectivity index (χ0) is 16.9. The van der Waals surface area contributed by atoms with Gasteiger partial charge in [0, 0.05) is 18.0 Å². The highest BCUT2D eigenvalue weighted by Crippen LogP contribution is 2.25. The SMILES string of the molecule is NC(=O)c1ccsc1NC(=O)CSc1nnc(-c2ccncc2)o1. The third-order valence-corrected chi connectivity index (χ3v) is 4.49. The lowest BCUT2D eigenvalue weighted by Crippen LogP contribution is -2.17. The number of anilines is 1. The van der Waals surface area contributed by atoms with Crippen molar-refractivity contribution in [1.29, 1.82) is 0 Å². The zero-order valence-corrected chi connectivity index (χ0v) is 13.8. The van der Waals surface area contributed by atoms with E-state index in [-0.39, 0.29) is 22.4 Å². The first-order chi connectivity index (χ1) is 11.6. The fourth-order valence-corrected chi connectivity index (χ4v) is 3.14. The Morgan fingerprint density at radius 3 is 2.79 bits per heavy atom. The Hall–Kier alpha value is -2.72. The van der Waals surface area contributed by atoms with E-state index in [0.29, 0.717) is 10.9 Å². The van der Waals surface area contributed by atoms with Crippen molar-refractivity contribution in [2.24, 2.45) is 5.73 Å². The molecule has 0 radical (unpaired) electrons. The molecule has 0 aliphatic heterocycles. The first-order valence-electron chi connectivity index (χ1n) is 6.67. The second-order valence-electron chi connectivity index (χ2n) is 4.47. The smallest absolute Gasteiger partial charge is 0.277 e. The molecule has 8 nitrogen and oxygen atoms in total. The van der Waals surface area contributed by atoms with E-state index in [0.717, 1.165) is 17.3 Å². The van der Waals surface area contributed by atoms with Crippen molar-refractivity contribution in [2.75, 3.05) is 11.1 Å². The standard InChI is InChI=1S/C14H11N5O3S2/c15-11(21)9-3-6-23-13(9)17-10(20)7-24-14-19-18-12(22-14)8-1-4-16-5-2-8/h1-6H,7H2,(H2,15,21)(H,17,20). The van der Waals surface area contributed by atoms with E-state index in [4.69, 9.17) is 10.2 Å². The number of thiophene rings is 1. The Labute approximate surface area is 144 Å². The lowest BCUT2D eigenvalue weighted by atomic mass is 10.3. The lowest BCUT2D eigenvalue weighted by Gasteiger charge is -2.02. The summed E-state index contributed by atoms with van der Waals surface area (Å²) in [5.74, 6) is -0.463. The van der Waals surface area contributed by atoms with E-state index in [9.17, 15) is 9.59 Å². The molecule has 0 aromatic carbocycles. The third-order valence-electron chi connectivity index (χ3n) is 2.84. The second kappa shape index (κ2) is 7.23. The minimum absolute atomic E-state index is 0.0636. The summed E-state index contributed by atoms with van der Waals surface area (Å²) in [6, 6.07) is 5.06. The van der Waals surface area contributed by atoms with E-state index in [2.05, 4.69) is 20.5 Å². The van der Waals surface area contributed by atoms with Crippen LogP contribution in [0.5, 0.6) is 0 Å². The summed E-state index contributed by atoms with van der Waals surface area (Å²) in [6.45, 7) is 0. The number of hydrogen-bond donors (Lipinski definition) is 2. The largest absolute Gasteiger partial charge is 0.411 e. The monoisotopic (exact) mass is 361 g/mol. The number of carbonyl (C=O) groups excluding carboxylic acids is 2. The molecular formula is C14H11N5O3S2.